The zero-order chi connectivity index (χ0) is 19.5. The molecule has 0 saturated heterocycles. The minimum absolute atomic E-state index is 0.108. The highest BCUT2D eigenvalue weighted by Gasteiger charge is 2.26. The van der Waals surface area contributed by atoms with Crippen molar-refractivity contribution in [1.29, 1.82) is 0 Å². The highest BCUT2D eigenvalue weighted by molar-refractivity contribution is 6.17. The molecule has 0 aliphatic rings. The van der Waals surface area contributed by atoms with Crippen LogP contribution in [0.15, 0.2) is 54.6 Å². The number of nitrogens with zero attached hydrogens (tertiary/aromatic N) is 1. The van der Waals surface area contributed by atoms with E-state index in [1.807, 2.05) is 30.3 Å². The molecule has 1 unspecified atom stereocenters. The molecule has 0 fully saturated rings. The average molecular weight is 392 g/mol. The van der Waals surface area contributed by atoms with Crippen LogP contribution in [-0.2, 0) is 27.5 Å². The van der Waals surface area contributed by atoms with E-state index in [0.717, 1.165) is 22.6 Å². The number of carboxylic acids is 1. The number of aliphatic carboxylic acids is 1. The number of alkyl halides is 1. The fourth-order valence-electron chi connectivity index (χ4n) is 2.39. The first-order chi connectivity index (χ1) is 13.1. The number of ether oxygens (including phenoxy) is 1. The average Bonchev–Trinajstić information content (AvgIpc) is 2.69. The molecule has 0 aliphatic carbocycles. The predicted molar refractivity (Wildman–Crippen MR) is 102 cm³/mol. The third kappa shape index (κ3) is 6.92. The minimum Gasteiger partial charge on any atom is -0.494 e. The van der Waals surface area contributed by atoms with Gasteiger partial charge in [-0.15, -0.1) is 11.6 Å². The van der Waals surface area contributed by atoms with Crippen molar-refractivity contribution in [3.8, 4) is 5.75 Å². The van der Waals surface area contributed by atoms with Crippen molar-refractivity contribution >= 4 is 24.0 Å². The van der Waals surface area contributed by atoms with E-state index in [1.54, 1.807) is 24.3 Å². The van der Waals surface area contributed by atoms with Crippen LogP contribution in [0.4, 0.5) is 0 Å². The third-order valence-electron chi connectivity index (χ3n) is 3.82. The summed E-state index contributed by atoms with van der Waals surface area (Å²) in [6.07, 6.45) is 1.26. The molecule has 1 atom stereocenters. The summed E-state index contributed by atoms with van der Waals surface area (Å²) in [5, 5.41) is 10.4. The van der Waals surface area contributed by atoms with Crippen LogP contribution in [0.3, 0.4) is 0 Å². The second kappa shape index (κ2) is 11.2. The number of hydrogen-bond donors (Lipinski definition) is 1. The van der Waals surface area contributed by atoms with E-state index in [-0.39, 0.29) is 13.0 Å². The maximum absolute atomic E-state index is 11.6. The van der Waals surface area contributed by atoms with Crippen LogP contribution in [-0.4, -0.2) is 41.1 Å². The lowest BCUT2D eigenvalue weighted by Crippen LogP contribution is -2.41. The van der Waals surface area contributed by atoms with Crippen molar-refractivity contribution in [2.75, 3.05) is 12.5 Å². The number of halogens is 1. The molecule has 1 amide bonds. The molecule has 0 spiro atoms. The summed E-state index contributed by atoms with van der Waals surface area (Å²) in [6, 6.07) is 15.2. The fraction of sp³-hybridized carbons (Fsp3) is 0.300. The summed E-state index contributed by atoms with van der Waals surface area (Å²) >= 11 is 5.61. The summed E-state index contributed by atoms with van der Waals surface area (Å²) < 4.78 is 5.52. The van der Waals surface area contributed by atoms with Gasteiger partial charge in [-0.3, -0.25) is 9.63 Å². The molecule has 144 valence electrons. The van der Waals surface area contributed by atoms with Gasteiger partial charge in [-0.2, -0.15) is 0 Å². The smallest absolute Gasteiger partial charge is 0.329 e. The van der Waals surface area contributed by atoms with E-state index in [4.69, 9.17) is 21.2 Å². The van der Waals surface area contributed by atoms with Gasteiger partial charge in [0.25, 0.3) is 0 Å². The molecule has 0 radical (unpaired) electrons. The molecule has 7 heteroatoms. The zero-order valence-corrected chi connectivity index (χ0v) is 15.5. The molecule has 1 N–H and O–H groups in total. The van der Waals surface area contributed by atoms with E-state index in [9.17, 15) is 14.7 Å². The topological polar surface area (TPSA) is 76.1 Å². The van der Waals surface area contributed by atoms with E-state index in [2.05, 4.69) is 0 Å². The first kappa shape index (κ1) is 20.7. The van der Waals surface area contributed by atoms with E-state index >= 15 is 0 Å². The molecule has 2 aromatic rings. The Labute approximate surface area is 163 Å². The quantitative estimate of drug-likeness (QED) is 0.260. The molecule has 0 aromatic heterocycles. The molecule has 0 bridgehead atoms. The molecular formula is C20H22ClNO5. The number of carboxylic acid groups (broad SMARTS) is 1. The van der Waals surface area contributed by atoms with Crippen LogP contribution in [0.25, 0.3) is 0 Å². The second-order valence-corrected chi connectivity index (χ2v) is 6.20. The highest BCUT2D eigenvalue weighted by Crippen LogP contribution is 2.16. The van der Waals surface area contributed by atoms with Crippen molar-refractivity contribution < 1.29 is 24.3 Å². The maximum atomic E-state index is 11.6. The van der Waals surface area contributed by atoms with Gasteiger partial charge in [-0.05, 0) is 29.7 Å². The van der Waals surface area contributed by atoms with Gasteiger partial charge < -0.3 is 9.84 Å². The van der Waals surface area contributed by atoms with Gasteiger partial charge in [0.05, 0.1) is 6.61 Å². The number of hydroxylamine groups is 2. The van der Waals surface area contributed by atoms with Gasteiger partial charge in [0.2, 0.25) is 6.41 Å². The second-order valence-electron chi connectivity index (χ2n) is 5.82. The van der Waals surface area contributed by atoms with Gasteiger partial charge in [-0.25, -0.2) is 9.86 Å². The lowest BCUT2D eigenvalue weighted by molar-refractivity contribution is -0.200. The first-order valence-corrected chi connectivity index (χ1v) is 9.08. The van der Waals surface area contributed by atoms with Crippen molar-refractivity contribution in [3.05, 3.63) is 65.7 Å². The van der Waals surface area contributed by atoms with Crippen molar-refractivity contribution in [2.45, 2.75) is 25.5 Å². The van der Waals surface area contributed by atoms with Gasteiger partial charge in [0.1, 0.15) is 12.4 Å². The largest absolute Gasteiger partial charge is 0.494 e. The lowest BCUT2D eigenvalue weighted by Gasteiger charge is -2.24. The number of carbonyl (C=O) groups excluding carboxylic acids is 1. The molecule has 2 rings (SSSR count). The van der Waals surface area contributed by atoms with E-state index < -0.39 is 12.0 Å². The van der Waals surface area contributed by atoms with E-state index in [1.165, 1.54) is 0 Å². The Kier molecular flexibility index (Phi) is 8.61. The zero-order valence-electron chi connectivity index (χ0n) is 14.8. The Morgan fingerprint density at radius 1 is 1.11 bits per heavy atom. The Balaban J connectivity index is 1.98. The van der Waals surface area contributed by atoms with Crippen LogP contribution in [0.5, 0.6) is 5.75 Å². The molecule has 0 heterocycles. The third-order valence-corrected chi connectivity index (χ3v) is 4.09. The normalized spacial score (nSPS) is 11.6. The van der Waals surface area contributed by atoms with Crippen molar-refractivity contribution in [1.82, 2.24) is 5.06 Å². The molecule has 6 nitrogen and oxygen atoms in total. The lowest BCUT2D eigenvalue weighted by atomic mass is 10.1. The van der Waals surface area contributed by atoms with E-state index in [0.29, 0.717) is 24.6 Å². The van der Waals surface area contributed by atoms with Crippen LogP contribution in [0.2, 0.25) is 0 Å². The minimum atomic E-state index is -1.14. The highest BCUT2D eigenvalue weighted by atomic mass is 35.5. The Morgan fingerprint density at radius 3 is 2.41 bits per heavy atom. The fourth-order valence-corrected chi connectivity index (χ4v) is 2.50. The number of amides is 1. The first-order valence-electron chi connectivity index (χ1n) is 8.55. The van der Waals surface area contributed by atoms with Crippen LogP contribution >= 0.6 is 11.6 Å². The molecule has 27 heavy (non-hydrogen) atoms. The van der Waals surface area contributed by atoms with Crippen LogP contribution in [0, 0.1) is 0 Å². The predicted octanol–water partition coefficient (Wildman–Crippen LogP) is 3.28. The summed E-state index contributed by atoms with van der Waals surface area (Å²) in [5.41, 5.74) is 1.59. The Morgan fingerprint density at radius 2 is 1.81 bits per heavy atom. The molecule has 0 saturated carbocycles. The Hall–Kier alpha value is -2.57. The number of benzene rings is 2. The number of carbonyl (C=O) groups is 2. The van der Waals surface area contributed by atoms with Gasteiger partial charge in [-0.1, -0.05) is 42.5 Å². The van der Waals surface area contributed by atoms with Crippen LogP contribution < -0.4 is 4.74 Å². The van der Waals surface area contributed by atoms with Gasteiger partial charge in [0.15, 0.2) is 6.04 Å². The SMILES string of the molecule is O=CN(OCc1ccccc1)C(Cc1ccc(OCCCCl)cc1)C(=O)O. The van der Waals surface area contributed by atoms with Gasteiger partial charge in [0, 0.05) is 12.3 Å². The molecule has 2 aromatic carbocycles. The standard InChI is InChI=1S/C20H22ClNO5/c21-11-4-12-26-18-9-7-16(8-10-18)13-19(20(24)25)22(15-23)27-14-17-5-2-1-3-6-17/h1-3,5-10,15,19H,4,11-14H2,(H,24,25). The summed E-state index contributed by atoms with van der Waals surface area (Å²) in [6.45, 7) is 0.629. The van der Waals surface area contributed by atoms with Crippen molar-refractivity contribution in [3.63, 3.8) is 0 Å². The summed E-state index contributed by atoms with van der Waals surface area (Å²) in [5.74, 6) is 0.0732. The Bertz CT molecular complexity index is 708. The maximum Gasteiger partial charge on any atom is 0.329 e. The molecule has 0 aliphatic heterocycles. The van der Waals surface area contributed by atoms with Crippen molar-refractivity contribution in [2.24, 2.45) is 0 Å². The number of hydrogen-bond acceptors (Lipinski definition) is 4. The van der Waals surface area contributed by atoms with Crippen LogP contribution in [0.1, 0.15) is 17.5 Å². The number of rotatable bonds is 12. The monoisotopic (exact) mass is 391 g/mol. The summed E-state index contributed by atoms with van der Waals surface area (Å²) in [4.78, 5) is 28.4. The van der Waals surface area contributed by atoms with Gasteiger partial charge >= 0.3 is 5.97 Å². The molecular weight excluding hydrogens is 370 g/mol. The summed E-state index contributed by atoms with van der Waals surface area (Å²) in [7, 11) is 0.